The van der Waals surface area contributed by atoms with Crippen molar-refractivity contribution in [1.29, 1.82) is 0 Å². The summed E-state index contributed by atoms with van der Waals surface area (Å²) in [6.07, 6.45) is 1.84. The summed E-state index contributed by atoms with van der Waals surface area (Å²) < 4.78 is 9.48. The first-order valence-corrected chi connectivity index (χ1v) is 28.7. The summed E-state index contributed by atoms with van der Waals surface area (Å²) >= 11 is 0. The van der Waals surface area contributed by atoms with Gasteiger partial charge in [-0.2, -0.15) is 9.97 Å². The van der Waals surface area contributed by atoms with Crippen molar-refractivity contribution in [3.05, 3.63) is 273 Å². The molecular weight excluding hydrogens is 1050 g/mol. The molecule has 0 amide bonds. The summed E-state index contributed by atoms with van der Waals surface area (Å²) in [5.74, 6) is 2.82. The topological polar surface area (TPSA) is 110 Å². The summed E-state index contributed by atoms with van der Waals surface area (Å²) in [7, 11) is 0. The summed E-state index contributed by atoms with van der Waals surface area (Å²) in [5, 5.41) is 8.67. The minimum Gasteiger partial charge on any atom is -0.305 e. The first-order valence-electron chi connectivity index (χ1n) is 28.7. The van der Waals surface area contributed by atoms with Gasteiger partial charge in [0.2, 0.25) is 11.9 Å². The van der Waals surface area contributed by atoms with Crippen molar-refractivity contribution >= 4 is 98.3 Å². The van der Waals surface area contributed by atoms with E-state index in [1.807, 2.05) is 91.1 Å². The monoisotopic (exact) mass is 1100 g/mol. The number of aromatic nitrogens is 11. The maximum atomic E-state index is 5.60. The van der Waals surface area contributed by atoms with Crippen LogP contribution in [0.4, 0.5) is 0 Å². The van der Waals surface area contributed by atoms with Gasteiger partial charge in [-0.3, -0.25) is 9.13 Å². The Hall–Kier alpha value is -12.0. The molecule has 7 heterocycles. The first kappa shape index (κ1) is 47.7. The van der Waals surface area contributed by atoms with Gasteiger partial charge in [0.1, 0.15) is 16.7 Å². The van der Waals surface area contributed by atoms with Gasteiger partial charge in [-0.05, 0) is 36.4 Å². The lowest BCUT2D eigenvalue weighted by atomic mass is 10.1. The molecule has 0 atom stereocenters. The van der Waals surface area contributed by atoms with Crippen molar-refractivity contribution in [2.24, 2.45) is 0 Å². The second-order valence-corrected chi connectivity index (χ2v) is 21.7. The van der Waals surface area contributed by atoms with Crippen LogP contribution in [0.15, 0.2) is 273 Å². The molecule has 0 N–H and O–H groups in total. The summed E-state index contributed by atoms with van der Waals surface area (Å²) in [6.45, 7) is 0. The van der Waals surface area contributed by atoms with E-state index in [0.717, 1.165) is 127 Å². The molecule has 11 heteroatoms. The molecule has 0 aliphatic carbocycles. The third kappa shape index (κ3) is 7.12. The number of fused-ring (bicyclic) bond motifs is 16. The maximum absolute atomic E-state index is 5.60. The number of hydrogen-bond donors (Lipinski definition) is 0. The second kappa shape index (κ2) is 18.8. The Balaban J connectivity index is 1.00. The van der Waals surface area contributed by atoms with Crippen LogP contribution >= 0.6 is 0 Å². The molecule has 11 aromatic carbocycles. The Morgan fingerprint density at radius 3 is 1.00 bits per heavy atom. The molecule has 0 unspecified atom stereocenters. The molecule has 0 aliphatic heterocycles. The molecule has 7 aromatic heterocycles. The van der Waals surface area contributed by atoms with E-state index in [1.165, 1.54) is 0 Å². The zero-order valence-corrected chi connectivity index (χ0v) is 45.9. The average Bonchev–Trinajstić information content (AvgIpc) is 1.72. The van der Waals surface area contributed by atoms with Gasteiger partial charge in [-0.1, -0.05) is 231 Å². The van der Waals surface area contributed by atoms with Crippen molar-refractivity contribution in [2.75, 3.05) is 0 Å². The van der Waals surface area contributed by atoms with Gasteiger partial charge in [0.15, 0.2) is 17.5 Å². The molecule has 86 heavy (non-hydrogen) atoms. The zero-order valence-electron chi connectivity index (χ0n) is 45.9. The largest absolute Gasteiger partial charge is 0.305 e. The molecule has 18 rings (SSSR count). The fraction of sp³-hybridized carbons (Fsp3) is 0. The van der Waals surface area contributed by atoms with Gasteiger partial charge in [0, 0.05) is 76.7 Å². The highest BCUT2D eigenvalue weighted by atomic mass is 15.2. The van der Waals surface area contributed by atoms with Crippen molar-refractivity contribution in [1.82, 2.24) is 53.2 Å². The van der Waals surface area contributed by atoms with Crippen LogP contribution in [0.2, 0.25) is 0 Å². The summed E-state index contributed by atoms with van der Waals surface area (Å²) in [4.78, 5) is 37.2. The van der Waals surface area contributed by atoms with E-state index in [1.54, 1.807) is 0 Å². The number of para-hydroxylation sites is 4. The SMILES string of the molecule is c1ccc(-c2nc(-c3ccccc3)nc(-n3c4ccccc4c4ccc5c6ccc7c8ccc9c%10ccccc%10n(-c%10nc(-c%11ccccc%11)c%11nc(-c%12ccccc%12)ncc%11n%10)c9c8n(-c8ccccc8)c7c6n(-c6ccccc6)c5c43)n2)cc1. The Bertz CT molecular complexity index is 5680. The summed E-state index contributed by atoms with van der Waals surface area (Å²) in [6, 6.07) is 93.3. The quantitative estimate of drug-likeness (QED) is 0.149. The van der Waals surface area contributed by atoms with Crippen LogP contribution in [-0.2, 0) is 0 Å². The van der Waals surface area contributed by atoms with Crippen LogP contribution in [0, 0.1) is 0 Å². The fourth-order valence-electron chi connectivity index (χ4n) is 13.2. The Morgan fingerprint density at radius 1 is 0.233 bits per heavy atom. The third-order valence-electron chi connectivity index (χ3n) is 16.9. The lowest BCUT2D eigenvalue weighted by molar-refractivity contribution is 0.953. The Morgan fingerprint density at radius 2 is 0.570 bits per heavy atom. The highest BCUT2D eigenvalue weighted by Gasteiger charge is 2.29. The lowest BCUT2D eigenvalue weighted by Crippen LogP contribution is -2.07. The molecule has 0 saturated carbocycles. The third-order valence-corrected chi connectivity index (χ3v) is 16.9. The molecule has 0 bridgehead atoms. The first-order chi connectivity index (χ1) is 42.7. The van der Waals surface area contributed by atoms with Crippen LogP contribution in [0.3, 0.4) is 0 Å². The zero-order chi connectivity index (χ0) is 56.4. The number of nitrogens with zero attached hydrogens (tertiary/aromatic N) is 11. The molecule has 0 radical (unpaired) electrons. The molecule has 0 aliphatic rings. The average molecular weight is 1100 g/mol. The van der Waals surface area contributed by atoms with Crippen LogP contribution in [0.25, 0.3) is 167 Å². The minimum atomic E-state index is 0.513. The number of benzene rings is 11. The van der Waals surface area contributed by atoms with Gasteiger partial charge < -0.3 is 9.13 Å². The molecular formula is C75H45N11. The van der Waals surface area contributed by atoms with E-state index in [4.69, 9.17) is 34.9 Å². The van der Waals surface area contributed by atoms with Gasteiger partial charge in [-0.15, -0.1) is 0 Å². The van der Waals surface area contributed by atoms with Crippen molar-refractivity contribution in [3.8, 4) is 68.7 Å². The van der Waals surface area contributed by atoms with Crippen LogP contribution in [0.1, 0.15) is 0 Å². The van der Waals surface area contributed by atoms with Crippen molar-refractivity contribution in [3.63, 3.8) is 0 Å². The van der Waals surface area contributed by atoms with Crippen LogP contribution < -0.4 is 0 Å². The molecule has 0 fully saturated rings. The predicted octanol–water partition coefficient (Wildman–Crippen LogP) is 17.7. The highest BCUT2D eigenvalue weighted by molar-refractivity contribution is 6.31. The normalized spacial score (nSPS) is 12.0. The lowest BCUT2D eigenvalue weighted by Gasteiger charge is -2.15. The molecule has 400 valence electrons. The maximum Gasteiger partial charge on any atom is 0.238 e. The van der Waals surface area contributed by atoms with Gasteiger partial charge in [-0.25, -0.2) is 24.9 Å². The Labute approximate surface area is 490 Å². The van der Waals surface area contributed by atoms with E-state index in [0.29, 0.717) is 40.4 Å². The van der Waals surface area contributed by atoms with Gasteiger partial charge in [0.05, 0.1) is 50.3 Å². The smallest absolute Gasteiger partial charge is 0.238 e. The standard InChI is InChI=1S/C75H45N11/c1-7-23-46(24-8-1)63-64-60(45-76-71(78-64)47-25-9-2-10-26-47)77-74(79-63)85-61-37-21-19-35-52(61)54-39-41-58-56-43-44-57-59-42-40-55-53-36-20-22-38-62(53)86(75-81-72(48-27-11-3-12-28-48)80-73(82-75)49-29-13-4-14-30-49)70(55)68(59)84(51-33-17-6-18-34-51)66(57)65(56)83(67(58)69(54)85)50-31-15-5-16-32-50/h1-45H. The van der Waals surface area contributed by atoms with E-state index in [2.05, 4.69) is 200 Å². The Kier molecular flexibility index (Phi) is 10.4. The van der Waals surface area contributed by atoms with Gasteiger partial charge in [0.25, 0.3) is 0 Å². The molecule has 0 spiro atoms. The van der Waals surface area contributed by atoms with Crippen molar-refractivity contribution < 1.29 is 0 Å². The molecule has 11 nitrogen and oxygen atoms in total. The number of rotatable bonds is 8. The predicted molar refractivity (Wildman–Crippen MR) is 348 cm³/mol. The van der Waals surface area contributed by atoms with Crippen LogP contribution in [-0.4, -0.2) is 53.2 Å². The highest BCUT2D eigenvalue weighted by Crippen LogP contribution is 2.48. The molecule has 18 aromatic rings. The fourth-order valence-corrected chi connectivity index (χ4v) is 13.2. The van der Waals surface area contributed by atoms with E-state index in [9.17, 15) is 0 Å². The van der Waals surface area contributed by atoms with Crippen molar-refractivity contribution in [2.45, 2.75) is 0 Å². The number of hydrogen-bond acceptors (Lipinski definition) is 7. The van der Waals surface area contributed by atoms with E-state index in [-0.39, 0.29) is 0 Å². The second-order valence-electron chi connectivity index (χ2n) is 21.7. The molecule has 0 saturated heterocycles. The minimum absolute atomic E-state index is 0.513. The van der Waals surface area contributed by atoms with E-state index < -0.39 is 0 Å². The van der Waals surface area contributed by atoms with E-state index >= 15 is 0 Å². The summed E-state index contributed by atoms with van der Waals surface area (Å²) in [5.41, 5.74) is 15.7. The van der Waals surface area contributed by atoms with Gasteiger partial charge >= 0.3 is 0 Å². The van der Waals surface area contributed by atoms with Crippen LogP contribution in [0.5, 0.6) is 0 Å².